The number of aryl methyl sites for hydroxylation is 1. The highest BCUT2D eigenvalue weighted by Crippen LogP contribution is 2.40. The number of nitrogens with one attached hydrogen (secondary N) is 1. The van der Waals surface area contributed by atoms with Crippen molar-refractivity contribution in [1.29, 1.82) is 0 Å². The second-order valence-corrected chi connectivity index (χ2v) is 8.14. The first-order valence-electron chi connectivity index (χ1n) is 9.42. The summed E-state index contributed by atoms with van der Waals surface area (Å²) in [6.07, 6.45) is 2.61. The average molecular weight is 375 g/mol. The van der Waals surface area contributed by atoms with Gasteiger partial charge in [0.05, 0.1) is 23.8 Å². The van der Waals surface area contributed by atoms with Crippen molar-refractivity contribution < 1.29 is 4.79 Å². The highest BCUT2D eigenvalue weighted by atomic mass is 32.1. The Hall–Kier alpha value is -2.66. The molecule has 2 aliphatic rings. The quantitative estimate of drug-likeness (QED) is 0.711. The van der Waals surface area contributed by atoms with Crippen LogP contribution in [0.15, 0.2) is 47.8 Å². The van der Waals surface area contributed by atoms with Gasteiger partial charge >= 0.3 is 0 Å². The summed E-state index contributed by atoms with van der Waals surface area (Å²) in [7, 11) is 0. The minimum atomic E-state index is 0.206. The second-order valence-electron chi connectivity index (χ2n) is 7.28. The lowest BCUT2D eigenvalue weighted by Crippen LogP contribution is -2.31. The van der Waals surface area contributed by atoms with Crippen LogP contribution in [0.5, 0.6) is 0 Å². The summed E-state index contributed by atoms with van der Waals surface area (Å²) >= 11 is 1.63. The van der Waals surface area contributed by atoms with Crippen LogP contribution in [0, 0.1) is 0 Å². The molecule has 2 aliphatic heterocycles. The number of rotatable bonds is 4. The van der Waals surface area contributed by atoms with Gasteiger partial charge in [-0.3, -0.25) is 4.79 Å². The van der Waals surface area contributed by atoms with Gasteiger partial charge in [0.1, 0.15) is 0 Å². The Labute approximate surface area is 162 Å². The summed E-state index contributed by atoms with van der Waals surface area (Å²) in [5.74, 6) is 0.236. The number of hydrogen-bond donors (Lipinski definition) is 1. The zero-order valence-electron chi connectivity index (χ0n) is 15.2. The van der Waals surface area contributed by atoms with E-state index < -0.39 is 0 Å². The molecular weight excluding hydrogens is 354 g/mol. The molecule has 2 aromatic carbocycles. The number of anilines is 2. The van der Waals surface area contributed by atoms with E-state index in [9.17, 15) is 4.79 Å². The van der Waals surface area contributed by atoms with Crippen molar-refractivity contribution in [3.05, 3.63) is 64.5 Å². The zero-order valence-corrected chi connectivity index (χ0v) is 16.1. The number of carbonyl (C=O) groups excluding carboxylic acids is 1. The fraction of sp³-hybridized carbons (Fsp3) is 0.273. The Morgan fingerprint density at radius 3 is 2.85 bits per heavy atom. The Bertz CT molecular complexity index is 1010. The van der Waals surface area contributed by atoms with E-state index in [1.165, 1.54) is 16.8 Å². The molecule has 5 rings (SSSR count). The monoisotopic (exact) mass is 375 g/mol. The molecule has 5 heteroatoms. The molecule has 3 aromatic rings. The van der Waals surface area contributed by atoms with E-state index in [0.29, 0.717) is 6.42 Å². The third-order valence-electron chi connectivity index (χ3n) is 5.45. The largest absolute Gasteiger partial charge is 0.355 e. The Balaban J connectivity index is 1.42. The van der Waals surface area contributed by atoms with Gasteiger partial charge in [0.15, 0.2) is 5.13 Å². The van der Waals surface area contributed by atoms with E-state index in [2.05, 4.69) is 54.0 Å². The molecule has 0 fully saturated rings. The van der Waals surface area contributed by atoms with Crippen molar-refractivity contribution in [3.63, 3.8) is 0 Å². The van der Waals surface area contributed by atoms with Crippen LogP contribution in [-0.2, 0) is 17.6 Å². The first-order chi connectivity index (χ1) is 13.2. The van der Waals surface area contributed by atoms with Gasteiger partial charge in [-0.05, 0) is 48.6 Å². The molecule has 0 saturated heterocycles. The molecule has 3 heterocycles. The number of carbonyl (C=O) groups is 1. The fourth-order valence-corrected chi connectivity index (χ4v) is 4.92. The maximum atomic E-state index is 12.3. The van der Waals surface area contributed by atoms with Gasteiger partial charge in [0.2, 0.25) is 5.91 Å². The maximum Gasteiger partial charge on any atom is 0.231 e. The molecule has 1 N–H and O–H groups in total. The molecule has 0 bridgehead atoms. The van der Waals surface area contributed by atoms with E-state index in [4.69, 9.17) is 4.98 Å². The third kappa shape index (κ3) is 2.92. The summed E-state index contributed by atoms with van der Waals surface area (Å²) in [6.45, 7) is 3.01. The standard InChI is InChI=1S/C22H21N3OS/c1-14(15-6-3-2-4-7-15)23-22-24-19(13-27-22)17-10-16-8-5-9-25-20(26)12-18(11-17)21(16)25/h2-4,6-7,10-11,13-14H,5,8-9,12H2,1H3,(H,23,24)/t14-/m0/s1. The van der Waals surface area contributed by atoms with Crippen LogP contribution in [0.1, 0.15) is 36.1 Å². The molecule has 4 nitrogen and oxygen atoms in total. The van der Waals surface area contributed by atoms with Crippen LogP contribution in [0.4, 0.5) is 10.8 Å². The summed E-state index contributed by atoms with van der Waals surface area (Å²) in [5, 5.41) is 6.53. The van der Waals surface area contributed by atoms with Gasteiger partial charge in [0.25, 0.3) is 0 Å². The van der Waals surface area contributed by atoms with Crippen LogP contribution in [0.3, 0.4) is 0 Å². The molecule has 0 unspecified atom stereocenters. The van der Waals surface area contributed by atoms with Crippen molar-refractivity contribution in [2.45, 2.75) is 32.2 Å². The van der Waals surface area contributed by atoms with Gasteiger partial charge in [-0.25, -0.2) is 4.98 Å². The van der Waals surface area contributed by atoms with Crippen molar-refractivity contribution in [3.8, 4) is 11.3 Å². The summed E-state index contributed by atoms with van der Waals surface area (Å²) < 4.78 is 0. The summed E-state index contributed by atoms with van der Waals surface area (Å²) in [6, 6.07) is 15.0. The molecule has 0 saturated carbocycles. The Morgan fingerprint density at radius 2 is 2.00 bits per heavy atom. The topological polar surface area (TPSA) is 45.2 Å². The molecule has 0 radical (unpaired) electrons. The van der Waals surface area contributed by atoms with Crippen molar-refractivity contribution in [1.82, 2.24) is 4.98 Å². The van der Waals surface area contributed by atoms with E-state index >= 15 is 0 Å². The number of aromatic nitrogens is 1. The van der Waals surface area contributed by atoms with E-state index in [1.807, 2.05) is 11.0 Å². The van der Waals surface area contributed by atoms with E-state index in [1.54, 1.807) is 11.3 Å². The highest BCUT2D eigenvalue weighted by molar-refractivity contribution is 7.14. The summed E-state index contributed by atoms with van der Waals surface area (Å²) in [4.78, 5) is 19.0. The Morgan fingerprint density at radius 1 is 1.19 bits per heavy atom. The lowest BCUT2D eigenvalue weighted by Gasteiger charge is -2.25. The van der Waals surface area contributed by atoms with Crippen LogP contribution in [-0.4, -0.2) is 17.4 Å². The van der Waals surface area contributed by atoms with Crippen LogP contribution < -0.4 is 10.2 Å². The minimum Gasteiger partial charge on any atom is -0.355 e. The van der Waals surface area contributed by atoms with Gasteiger partial charge in [-0.15, -0.1) is 11.3 Å². The molecule has 136 valence electrons. The molecule has 27 heavy (non-hydrogen) atoms. The van der Waals surface area contributed by atoms with Crippen LogP contribution in [0.2, 0.25) is 0 Å². The lowest BCUT2D eigenvalue weighted by molar-refractivity contribution is -0.117. The predicted molar refractivity (Wildman–Crippen MR) is 110 cm³/mol. The molecule has 0 spiro atoms. The molecule has 1 amide bonds. The second kappa shape index (κ2) is 6.50. The van der Waals surface area contributed by atoms with Crippen LogP contribution >= 0.6 is 11.3 Å². The number of benzene rings is 2. The van der Waals surface area contributed by atoms with E-state index in [0.717, 1.165) is 41.3 Å². The minimum absolute atomic E-state index is 0.206. The molecular formula is C22H21N3OS. The number of nitrogens with zero attached hydrogens (tertiary/aromatic N) is 2. The van der Waals surface area contributed by atoms with Crippen molar-refractivity contribution in [2.75, 3.05) is 16.8 Å². The van der Waals surface area contributed by atoms with E-state index in [-0.39, 0.29) is 11.9 Å². The van der Waals surface area contributed by atoms with Gasteiger partial charge < -0.3 is 10.2 Å². The maximum absolute atomic E-state index is 12.3. The normalized spacial score (nSPS) is 16.3. The smallest absolute Gasteiger partial charge is 0.231 e. The van der Waals surface area contributed by atoms with Crippen molar-refractivity contribution in [2.24, 2.45) is 0 Å². The molecule has 1 atom stereocenters. The average Bonchev–Trinajstić information content (AvgIpc) is 3.28. The lowest BCUT2D eigenvalue weighted by atomic mass is 9.96. The SMILES string of the molecule is C[C@H](Nc1nc(-c2cc3c4c(c2)CC(=O)N4CCC3)cs1)c1ccccc1. The zero-order chi connectivity index (χ0) is 18.4. The van der Waals surface area contributed by atoms with Crippen molar-refractivity contribution >= 4 is 28.1 Å². The predicted octanol–water partition coefficient (Wildman–Crippen LogP) is 4.82. The number of hydrogen-bond acceptors (Lipinski definition) is 4. The Kier molecular flexibility index (Phi) is 3.97. The summed E-state index contributed by atoms with van der Waals surface area (Å²) in [5.41, 5.74) is 6.97. The highest BCUT2D eigenvalue weighted by Gasteiger charge is 2.32. The number of thiazole rings is 1. The van der Waals surface area contributed by atoms with Gasteiger partial charge in [0, 0.05) is 17.5 Å². The number of amides is 1. The van der Waals surface area contributed by atoms with Gasteiger partial charge in [-0.2, -0.15) is 0 Å². The molecule has 1 aromatic heterocycles. The van der Waals surface area contributed by atoms with Crippen LogP contribution in [0.25, 0.3) is 11.3 Å². The van der Waals surface area contributed by atoms with Gasteiger partial charge in [-0.1, -0.05) is 30.3 Å². The molecule has 0 aliphatic carbocycles. The fourth-order valence-electron chi connectivity index (χ4n) is 4.11. The first kappa shape index (κ1) is 16.5. The first-order valence-corrected chi connectivity index (χ1v) is 10.3. The third-order valence-corrected chi connectivity index (χ3v) is 6.22.